The molecule has 1 aliphatic carbocycles. The molecule has 1 saturated carbocycles. The Morgan fingerprint density at radius 3 is 2.76 bits per heavy atom. The minimum absolute atomic E-state index is 0.371. The van der Waals surface area contributed by atoms with Gasteiger partial charge in [0, 0.05) is 38.2 Å². The Labute approximate surface area is 150 Å². The van der Waals surface area contributed by atoms with Crippen LogP contribution in [0.25, 0.3) is 0 Å². The molecular formula is C20H30N4O. The number of guanidine groups is 1. The summed E-state index contributed by atoms with van der Waals surface area (Å²) in [5.74, 6) is 1.23. The molecule has 0 aromatic heterocycles. The highest BCUT2D eigenvalue weighted by atomic mass is 16.5. The lowest BCUT2D eigenvalue weighted by Gasteiger charge is -2.45. The van der Waals surface area contributed by atoms with Gasteiger partial charge in [0.15, 0.2) is 5.96 Å². The van der Waals surface area contributed by atoms with Crippen LogP contribution in [0.5, 0.6) is 0 Å². The van der Waals surface area contributed by atoms with Crippen LogP contribution in [0, 0.1) is 5.92 Å². The number of rotatable bonds is 4. The zero-order chi connectivity index (χ0) is 17.1. The average Bonchev–Trinajstić information content (AvgIpc) is 2.62. The number of benzene rings is 1. The molecule has 2 saturated heterocycles. The topological polar surface area (TPSA) is 62.9 Å². The summed E-state index contributed by atoms with van der Waals surface area (Å²) in [7, 11) is 0. The van der Waals surface area contributed by atoms with E-state index in [2.05, 4.69) is 40.5 Å². The van der Waals surface area contributed by atoms with Crippen LogP contribution in [0.3, 0.4) is 0 Å². The van der Waals surface area contributed by atoms with Crippen LogP contribution >= 0.6 is 0 Å². The highest BCUT2D eigenvalue weighted by molar-refractivity contribution is 5.78. The molecular weight excluding hydrogens is 312 g/mol. The Morgan fingerprint density at radius 1 is 1.20 bits per heavy atom. The van der Waals surface area contributed by atoms with E-state index in [-0.39, 0.29) is 0 Å². The fourth-order valence-corrected chi connectivity index (χ4v) is 4.41. The molecule has 1 aromatic carbocycles. The SMILES string of the molecule is NC(=NC1CC2OCCCC12)NC1CCN(Cc2ccccc2)CC1. The zero-order valence-electron chi connectivity index (χ0n) is 14.9. The van der Waals surface area contributed by atoms with E-state index in [1.54, 1.807) is 0 Å². The van der Waals surface area contributed by atoms with Crippen LogP contribution in [-0.2, 0) is 11.3 Å². The van der Waals surface area contributed by atoms with Gasteiger partial charge < -0.3 is 15.8 Å². The Balaban J connectivity index is 1.21. The van der Waals surface area contributed by atoms with E-state index in [0.717, 1.165) is 45.5 Å². The molecule has 3 unspecified atom stereocenters. The van der Waals surface area contributed by atoms with Gasteiger partial charge in [-0.05, 0) is 37.7 Å². The van der Waals surface area contributed by atoms with Gasteiger partial charge in [0.05, 0.1) is 12.1 Å². The van der Waals surface area contributed by atoms with Crippen molar-refractivity contribution in [1.29, 1.82) is 0 Å². The van der Waals surface area contributed by atoms with E-state index >= 15 is 0 Å². The molecule has 0 amide bonds. The quantitative estimate of drug-likeness (QED) is 0.650. The Morgan fingerprint density at radius 2 is 2.00 bits per heavy atom. The Bertz CT molecular complexity index is 583. The third-order valence-corrected chi connectivity index (χ3v) is 5.95. The molecule has 0 spiro atoms. The van der Waals surface area contributed by atoms with Gasteiger partial charge in [-0.3, -0.25) is 4.90 Å². The first kappa shape index (κ1) is 16.9. The van der Waals surface area contributed by atoms with Crippen molar-refractivity contribution < 1.29 is 4.74 Å². The lowest BCUT2D eigenvalue weighted by Crippen LogP contribution is -2.52. The van der Waals surface area contributed by atoms with Gasteiger partial charge in [-0.25, -0.2) is 4.99 Å². The zero-order valence-corrected chi connectivity index (χ0v) is 14.9. The predicted octanol–water partition coefficient (Wildman–Crippen LogP) is 2.12. The molecule has 3 fully saturated rings. The smallest absolute Gasteiger partial charge is 0.189 e. The predicted molar refractivity (Wildman–Crippen MR) is 100 cm³/mol. The van der Waals surface area contributed by atoms with Gasteiger partial charge in [0.25, 0.3) is 0 Å². The number of nitrogens with two attached hydrogens (primary N) is 1. The lowest BCUT2D eigenvalue weighted by atomic mass is 9.73. The molecule has 4 rings (SSSR count). The summed E-state index contributed by atoms with van der Waals surface area (Å²) >= 11 is 0. The van der Waals surface area contributed by atoms with Crippen LogP contribution in [0.4, 0.5) is 0 Å². The number of fused-ring (bicyclic) bond motifs is 1. The molecule has 2 aliphatic heterocycles. The first-order valence-corrected chi connectivity index (χ1v) is 9.75. The van der Waals surface area contributed by atoms with E-state index in [1.807, 2.05) is 0 Å². The van der Waals surface area contributed by atoms with Gasteiger partial charge in [-0.2, -0.15) is 0 Å². The number of hydrogen-bond donors (Lipinski definition) is 2. The summed E-state index contributed by atoms with van der Waals surface area (Å²) in [5, 5.41) is 3.46. The number of piperidine rings is 1. The molecule has 3 N–H and O–H groups in total. The Kier molecular flexibility index (Phi) is 5.22. The van der Waals surface area contributed by atoms with Crippen molar-refractivity contribution in [3.8, 4) is 0 Å². The third kappa shape index (κ3) is 4.15. The molecule has 5 heteroatoms. The van der Waals surface area contributed by atoms with Crippen LogP contribution < -0.4 is 11.1 Å². The first-order valence-electron chi connectivity index (χ1n) is 9.75. The lowest BCUT2D eigenvalue weighted by molar-refractivity contribution is -0.0938. The largest absolute Gasteiger partial charge is 0.378 e. The second-order valence-electron chi connectivity index (χ2n) is 7.71. The van der Waals surface area contributed by atoms with Crippen molar-refractivity contribution >= 4 is 5.96 Å². The average molecular weight is 342 g/mol. The van der Waals surface area contributed by atoms with Gasteiger partial charge in [0.2, 0.25) is 0 Å². The highest BCUT2D eigenvalue weighted by Gasteiger charge is 2.43. The normalized spacial score (nSPS) is 31.2. The number of ether oxygens (including phenoxy) is 1. The minimum Gasteiger partial charge on any atom is -0.378 e. The maximum absolute atomic E-state index is 6.18. The molecule has 25 heavy (non-hydrogen) atoms. The summed E-state index contributed by atoms with van der Waals surface area (Å²) in [4.78, 5) is 7.26. The van der Waals surface area contributed by atoms with Crippen molar-refractivity contribution in [2.75, 3.05) is 19.7 Å². The molecule has 1 aromatic rings. The van der Waals surface area contributed by atoms with Crippen molar-refractivity contribution in [3.63, 3.8) is 0 Å². The highest BCUT2D eigenvalue weighted by Crippen LogP contribution is 2.39. The van der Waals surface area contributed by atoms with Crippen molar-refractivity contribution in [1.82, 2.24) is 10.2 Å². The van der Waals surface area contributed by atoms with E-state index in [4.69, 9.17) is 15.5 Å². The van der Waals surface area contributed by atoms with Gasteiger partial charge in [-0.15, -0.1) is 0 Å². The van der Waals surface area contributed by atoms with E-state index in [0.29, 0.717) is 30.1 Å². The van der Waals surface area contributed by atoms with E-state index in [1.165, 1.54) is 18.4 Å². The van der Waals surface area contributed by atoms with Gasteiger partial charge in [-0.1, -0.05) is 30.3 Å². The van der Waals surface area contributed by atoms with Crippen molar-refractivity contribution in [2.45, 2.75) is 56.8 Å². The summed E-state index contributed by atoms with van der Waals surface area (Å²) in [6, 6.07) is 11.5. The summed E-state index contributed by atoms with van der Waals surface area (Å²) < 4.78 is 5.76. The standard InChI is InChI=1S/C20H30N4O/c21-20(23-18-13-19-17(18)7-4-12-25-19)22-16-8-10-24(11-9-16)14-15-5-2-1-3-6-15/h1-3,5-6,16-19H,4,7-14H2,(H3,21,22,23). The van der Waals surface area contributed by atoms with Crippen molar-refractivity contribution in [3.05, 3.63) is 35.9 Å². The molecule has 0 radical (unpaired) electrons. The third-order valence-electron chi connectivity index (χ3n) is 5.95. The molecule has 5 nitrogen and oxygen atoms in total. The number of aliphatic imine (C=N–C) groups is 1. The Hall–Kier alpha value is -1.59. The first-order chi connectivity index (χ1) is 12.3. The fraction of sp³-hybridized carbons (Fsp3) is 0.650. The second-order valence-corrected chi connectivity index (χ2v) is 7.71. The maximum atomic E-state index is 6.18. The summed E-state index contributed by atoms with van der Waals surface area (Å²) in [5.41, 5.74) is 7.57. The molecule has 0 bridgehead atoms. The van der Waals surface area contributed by atoms with E-state index < -0.39 is 0 Å². The monoisotopic (exact) mass is 342 g/mol. The van der Waals surface area contributed by atoms with Gasteiger partial charge >= 0.3 is 0 Å². The molecule has 2 heterocycles. The van der Waals surface area contributed by atoms with Crippen LogP contribution in [0.2, 0.25) is 0 Å². The van der Waals surface area contributed by atoms with Crippen LogP contribution in [-0.4, -0.2) is 48.7 Å². The molecule has 3 aliphatic rings. The van der Waals surface area contributed by atoms with Crippen LogP contribution in [0.1, 0.15) is 37.7 Å². The van der Waals surface area contributed by atoms with Gasteiger partial charge in [0.1, 0.15) is 0 Å². The number of likely N-dealkylation sites (tertiary alicyclic amines) is 1. The van der Waals surface area contributed by atoms with Crippen LogP contribution in [0.15, 0.2) is 35.3 Å². The number of nitrogens with one attached hydrogen (secondary N) is 1. The number of nitrogens with zero attached hydrogens (tertiary/aromatic N) is 2. The fourth-order valence-electron chi connectivity index (χ4n) is 4.41. The minimum atomic E-state index is 0.371. The summed E-state index contributed by atoms with van der Waals surface area (Å²) in [6.07, 6.45) is 6.15. The maximum Gasteiger partial charge on any atom is 0.189 e. The van der Waals surface area contributed by atoms with Crippen molar-refractivity contribution in [2.24, 2.45) is 16.6 Å². The molecule has 3 atom stereocenters. The van der Waals surface area contributed by atoms with E-state index in [9.17, 15) is 0 Å². The second kappa shape index (κ2) is 7.75. The number of hydrogen-bond acceptors (Lipinski definition) is 3. The summed E-state index contributed by atoms with van der Waals surface area (Å²) in [6.45, 7) is 4.19. The molecule has 136 valence electrons.